The number of methoxy groups -OCH3 is 1. The number of hydrogen-bond donors (Lipinski definition) is 3. The van der Waals surface area contributed by atoms with Crippen LogP contribution in [0.4, 0.5) is 11.5 Å². The van der Waals surface area contributed by atoms with E-state index < -0.39 is 5.97 Å². The van der Waals surface area contributed by atoms with E-state index in [0.29, 0.717) is 16.1 Å². The van der Waals surface area contributed by atoms with E-state index in [1.807, 2.05) is 0 Å². The summed E-state index contributed by atoms with van der Waals surface area (Å²) in [5, 5.41) is 0.282. The topological polar surface area (TPSA) is 124 Å². The van der Waals surface area contributed by atoms with Gasteiger partial charge < -0.3 is 21.2 Å². The molecule has 0 amide bonds. The van der Waals surface area contributed by atoms with Gasteiger partial charge in [0.25, 0.3) is 5.56 Å². The highest BCUT2D eigenvalue weighted by Crippen LogP contribution is 2.29. The Kier molecular flexibility index (Phi) is 3.94. The van der Waals surface area contributed by atoms with Gasteiger partial charge in [0.15, 0.2) is 5.16 Å². The molecule has 0 atom stereocenters. The molecule has 104 valence electrons. The van der Waals surface area contributed by atoms with Crippen molar-refractivity contribution in [3.8, 4) is 0 Å². The van der Waals surface area contributed by atoms with Crippen LogP contribution < -0.4 is 17.0 Å². The summed E-state index contributed by atoms with van der Waals surface area (Å²) in [6.07, 6.45) is 0. The third-order valence-electron chi connectivity index (χ3n) is 2.36. The lowest BCUT2D eigenvalue weighted by Crippen LogP contribution is -2.10. The van der Waals surface area contributed by atoms with Gasteiger partial charge in [-0.3, -0.25) is 4.79 Å². The van der Waals surface area contributed by atoms with E-state index in [9.17, 15) is 9.59 Å². The largest absolute Gasteiger partial charge is 0.465 e. The number of aromatic nitrogens is 2. The van der Waals surface area contributed by atoms with Crippen LogP contribution in [-0.2, 0) is 4.74 Å². The Morgan fingerprint density at radius 3 is 2.75 bits per heavy atom. The number of esters is 1. The third-order valence-corrected chi connectivity index (χ3v) is 3.32. The molecule has 2 aromatic rings. The maximum atomic E-state index is 11.7. The fourth-order valence-electron chi connectivity index (χ4n) is 1.51. The minimum Gasteiger partial charge on any atom is -0.465 e. The summed E-state index contributed by atoms with van der Waals surface area (Å²) in [5.74, 6) is -0.419. The van der Waals surface area contributed by atoms with Crippen molar-refractivity contribution in [2.24, 2.45) is 0 Å². The molecule has 0 saturated carbocycles. The molecule has 0 bridgehead atoms. The second-order valence-electron chi connectivity index (χ2n) is 3.82. The SMILES string of the molecule is COC(=O)c1cc(N)ccc1Sc1nc(N)cc(=O)[nH]1. The number of nitrogen functional groups attached to an aromatic ring is 2. The molecular weight excluding hydrogens is 280 g/mol. The van der Waals surface area contributed by atoms with Crippen LogP contribution in [0.3, 0.4) is 0 Å². The first-order valence-corrected chi connectivity index (χ1v) is 6.34. The van der Waals surface area contributed by atoms with E-state index in [-0.39, 0.29) is 16.5 Å². The van der Waals surface area contributed by atoms with Gasteiger partial charge in [-0.2, -0.15) is 0 Å². The zero-order valence-corrected chi connectivity index (χ0v) is 11.4. The Morgan fingerprint density at radius 1 is 1.35 bits per heavy atom. The van der Waals surface area contributed by atoms with Crippen molar-refractivity contribution in [3.05, 3.63) is 40.2 Å². The Balaban J connectivity index is 2.42. The number of benzene rings is 1. The Morgan fingerprint density at radius 2 is 2.10 bits per heavy atom. The Bertz CT molecular complexity index is 714. The third kappa shape index (κ3) is 3.09. The van der Waals surface area contributed by atoms with Crippen molar-refractivity contribution in [1.29, 1.82) is 0 Å². The molecule has 1 heterocycles. The van der Waals surface area contributed by atoms with Crippen LogP contribution in [0.15, 0.2) is 39.1 Å². The molecule has 0 aliphatic heterocycles. The first-order chi connectivity index (χ1) is 9.49. The van der Waals surface area contributed by atoms with Crippen molar-refractivity contribution in [3.63, 3.8) is 0 Å². The standard InChI is InChI=1S/C12H12N4O3S/c1-19-11(18)7-4-6(13)2-3-8(7)20-12-15-9(14)5-10(17)16-12/h2-5H,13H2,1H3,(H3,14,15,16,17). The van der Waals surface area contributed by atoms with Gasteiger partial charge in [-0.05, 0) is 18.2 Å². The number of H-pyrrole nitrogens is 1. The maximum Gasteiger partial charge on any atom is 0.339 e. The number of carbonyl (C=O) groups is 1. The summed E-state index contributed by atoms with van der Waals surface area (Å²) in [5.41, 5.74) is 11.5. The lowest BCUT2D eigenvalue weighted by molar-refractivity contribution is 0.0597. The molecule has 0 unspecified atom stereocenters. The molecule has 20 heavy (non-hydrogen) atoms. The minimum atomic E-state index is -0.522. The summed E-state index contributed by atoms with van der Waals surface area (Å²) in [6.45, 7) is 0. The van der Waals surface area contributed by atoms with Crippen molar-refractivity contribution in [2.75, 3.05) is 18.6 Å². The van der Waals surface area contributed by atoms with Crippen molar-refractivity contribution in [2.45, 2.75) is 10.1 Å². The Hall–Kier alpha value is -2.48. The highest BCUT2D eigenvalue weighted by molar-refractivity contribution is 7.99. The first kappa shape index (κ1) is 13.9. The number of nitrogens with one attached hydrogen (secondary N) is 1. The normalized spacial score (nSPS) is 10.2. The first-order valence-electron chi connectivity index (χ1n) is 5.52. The summed E-state index contributed by atoms with van der Waals surface area (Å²) in [6, 6.07) is 5.96. The van der Waals surface area contributed by atoms with Crippen molar-refractivity contribution < 1.29 is 9.53 Å². The van der Waals surface area contributed by atoms with Gasteiger partial charge in [0.2, 0.25) is 0 Å². The zero-order valence-electron chi connectivity index (χ0n) is 10.5. The number of aromatic amines is 1. The number of nitrogens with two attached hydrogens (primary N) is 2. The van der Waals surface area contributed by atoms with Crippen LogP contribution >= 0.6 is 11.8 Å². The monoisotopic (exact) mass is 292 g/mol. The molecule has 0 fully saturated rings. The van der Waals surface area contributed by atoms with Gasteiger partial charge in [0.05, 0.1) is 12.7 Å². The van der Waals surface area contributed by atoms with Crippen LogP contribution in [0.5, 0.6) is 0 Å². The van der Waals surface area contributed by atoms with E-state index in [0.717, 1.165) is 11.8 Å². The molecule has 2 rings (SSSR count). The van der Waals surface area contributed by atoms with E-state index >= 15 is 0 Å². The number of anilines is 2. The van der Waals surface area contributed by atoms with Gasteiger partial charge in [-0.15, -0.1) is 0 Å². The summed E-state index contributed by atoms with van der Waals surface area (Å²) in [7, 11) is 1.28. The molecule has 1 aromatic heterocycles. The fourth-order valence-corrected chi connectivity index (χ4v) is 2.41. The molecule has 0 aliphatic carbocycles. The molecule has 0 saturated heterocycles. The van der Waals surface area contributed by atoms with Crippen LogP contribution in [0.1, 0.15) is 10.4 Å². The van der Waals surface area contributed by atoms with Gasteiger partial charge in [0, 0.05) is 16.6 Å². The highest BCUT2D eigenvalue weighted by atomic mass is 32.2. The Labute approximate surface area is 118 Å². The van der Waals surface area contributed by atoms with E-state index in [1.54, 1.807) is 12.1 Å². The zero-order chi connectivity index (χ0) is 14.7. The van der Waals surface area contributed by atoms with Crippen molar-refractivity contribution in [1.82, 2.24) is 9.97 Å². The van der Waals surface area contributed by atoms with Gasteiger partial charge >= 0.3 is 5.97 Å². The van der Waals surface area contributed by atoms with Gasteiger partial charge in [-0.1, -0.05) is 11.8 Å². The summed E-state index contributed by atoms with van der Waals surface area (Å²) >= 11 is 1.09. The smallest absolute Gasteiger partial charge is 0.339 e. The van der Waals surface area contributed by atoms with E-state index in [4.69, 9.17) is 16.2 Å². The predicted octanol–water partition coefficient (Wildman–Crippen LogP) is 0.872. The second kappa shape index (κ2) is 5.66. The lowest BCUT2D eigenvalue weighted by Gasteiger charge is -2.08. The molecule has 0 aliphatic rings. The molecule has 7 nitrogen and oxygen atoms in total. The van der Waals surface area contributed by atoms with Crippen molar-refractivity contribution >= 4 is 29.2 Å². The summed E-state index contributed by atoms with van der Waals surface area (Å²) < 4.78 is 4.69. The highest BCUT2D eigenvalue weighted by Gasteiger charge is 2.14. The number of carbonyl (C=O) groups excluding carboxylic acids is 1. The number of nitrogens with zero attached hydrogens (tertiary/aromatic N) is 1. The van der Waals surface area contributed by atoms with Gasteiger partial charge in [0.1, 0.15) is 5.82 Å². The average Bonchev–Trinajstić information content (AvgIpc) is 2.38. The quantitative estimate of drug-likeness (QED) is 0.435. The number of hydrogen-bond acceptors (Lipinski definition) is 7. The number of rotatable bonds is 3. The van der Waals surface area contributed by atoms with Gasteiger partial charge in [-0.25, -0.2) is 9.78 Å². The minimum absolute atomic E-state index is 0.103. The summed E-state index contributed by atoms with van der Waals surface area (Å²) in [4.78, 5) is 30.1. The molecular formula is C12H12N4O3S. The second-order valence-corrected chi connectivity index (χ2v) is 4.86. The molecule has 5 N–H and O–H groups in total. The predicted molar refractivity (Wildman–Crippen MR) is 75.6 cm³/mol. The lowest BCUT2D eigenvalue weighted by atomic mass is 10.2. The molecule has 1 aromatic carbocycles. The average molecular weight is 292 g/mol. The molecule has 0 radical (unpaired) electrons. The molecule has 8 heteroatoms. The molecule has 0 spiro atoms. The van der Waals surface area contributed by atoms with Crippen LogP contribution in [0, 0.1) is 0 Å². The fraction of sp³-hybridized carbons (Fsp3) is 0.0833. The van der Waals surface area contributed by atoms with E-state index in [2.05, 4.69) is 9.97 Å². The van der Waals surface area contributed by atoms with Crippen LogP contribution in [0.2, 0.25) is 0 Å². The maximum absolute atomic E-state index is 11.7. The van der Waals surface area contributed by atoms with Crippen LogP contribution in [-0.4, -0.2) is 23.0 Å². The van der Waals surface area contributed by atoms with E-state index in [1.165, 1.54) is 19.2 Å². The van der Waals surface area contributed by atoms with Crippen LogP contribution in [0.25, 0.3) is 0 Å². The number of ether oxygens (including phenoxy) is 1.